The summed E-state index contributed by atoms with van der Waals surface area (Å²) in [6.07, 6.45) is 1.69. The third-order valence-electron chi connectivity index (χ3n) is 3.31. The molecule has 5 N–H and O–H groups in total. The average Bonchev–Trinajstić information content (AvgIpc) is 2.90. The van der Waals surface area contributed by atoms with Crippen molar-refractivity contribution in [3.63, 3.8) is 0 Å². The molecule has 1 amide bonds. The summed E-state index contributed by atoms with van der Waals surface area (Å²) in [4.78, 5) is 14.3. The molecular weight excluding hydrogens is 257 g/mol. The largest absolute Gasteiger partial charge is 0.396 e. The number of anilines is 1. The molecule has 2 aromatic carbocycles. The highest BCUT2D eigenvalue weighted by atomic mass is 19.1. The number of fused-ring (bicyclic) bond motifs is 1. The van der Waals surface area contributed by atoms with Crippen LogP contribution in [-0.2, 0) is 0 Å². The molecule has 3 aromatic rings. The molecule has 0 spiro atoms. The van der Waals surface area contributed by atoms with Gasteiger partial charge >= 0.3 is 0 Å². The molecule has 0 fully saturated rings. The number of nitrogens with one attached hydrogen (secondary N) is 1. The first-order valence-electron chi connectivity index (χ1n) is 6.04. The van der Waals surface area contributed by atoms with E-state index in [4.69, 9.17) is 11.5 Å². The summed E-state index contributed by atoms with van der Waals surface area (Å²) in [7, 11) is 0. The zero-order valence-electron chi connectivity index (χ0n) is 10.5. The van der Waals surface area contributed by atoms with Gasteiger partial charge in [-0.05, 0) is 23.8 Å². The summed E-state index contributed by atoms with van der Waals surface area (Å²) in [5.41, 5.74) is 13.0. The number of carbonyl (C=O) groups is 1. The van der Waals surface area contributed by atoms with Gasteiger partial charge in [0.1, 0.15) is 0 Å². The summed E-state index contributed by atoms with van der Waals surface area (Å²) < 4.78 is 14.2. The number of aromatic nitrogens is 1. The highest BCUT2D eigenvalue weighted by molar-refractivity contribution is 6.09. The van der Waals surface area contributed by atoms with Crippen LogP contribution >= 0.6 is 0 Å². The van der Waals surface area contributed by atoms with Crippen molar-refractivity contribution in [2.75, 3.05) is 5.73 Å². The van der Waals surface area contributed by atoms with Crippen molar-refractivity contribution < 1.29 is 9.18 Å². The second kappa shape index (κ2) is 4.38. The number of nitrogen functional groups attached to an aromatic ring is 1. The van der Waals surface area contributed by atoms with Gasteiger partial charge in [-0.25, -0.2) is 4.39 Å². The lowest BCUT2D eigenvalue weighted by molar-refractivity contribution is 0.100. The normalized spacial score (nSPS) is 10.8. The van der Waals surface area contributed by atoms with E-state index in [2.05, 4.69) is 4.98 Å². The van der Waals surface area contributed by atoms with Crippen LogP contribution in [0.5, 0.6) is 0 Å². The van der Waals surface area contributed by atoms with E-state index in [9.17, 15) is 9.18 Å². The van der Waals surface area contributed by atoms with Crippen molar-refractivity contribution in [2.45, 2.75) is 0 Å². The molecule has 5 heteroatoms. The number of nitrogens with two attached hydrogens (primary N) is 2. The van der Waals surface area contributed by atoms with Crippen LogP contribution in [0.1, 0.15) is 10.4 Å². The van der Waals surface area contributed by atoms with E-state index in [1.54, 1.807) is 36.5 Å². The molecule has 0 aliphatic rings. The van der Waals surface area contributed by atoms with E-state index in [1.165, 1.54) is 6.07 Å². The van der Waals surface area contributed by atoms with Gasteiger partial charge in [-0.1, -0.05) is 18.2 Å². The molecule has 0 atom stereocenters. The first-order valence-corrected chi connectivity index (χ1v) is 6.04. The molecule has 0 aliphatic carbocycles. The van der Waals surface area contributed by atoms with Gasteiger partial charge in [-0.3, -0.25) is 4.79 Å². The van der Waals surface area contributed by atoms with E-state index < -0.39 is 11.7 Å². The lowest BCUT2D eigenvalue weighted by atomic mass is 9.98. The monoisotopic (exact) mass is 269 g/mol. The smallest absolute Gasteiger partial charge is 0.250 e. The second-order valence-corrected chi connectivity index (χ2v) is 4.50. The quantitative estimate of drug-likeness (QED) is 0.625. The van der Waals surface area contributed by atoms with Crippen LogP contribution in [0.2, 0.25) is 0 Å². The topological polar surface area (TPSA) is 84.9 Å². The fraction of sp³-hybridized carbons (Fsp3) is 0. The number of rotatable bonds is 2. The minimum Gasteiger partial charge on any atom is -0.396 e. The fourth-order valence-electron chi connectivity index (χ4n) is 2.35. The maximum Gasteiger partial charge on any atom is 0.250 e. The summed E-state index contributed by atoms with van der Waals surface area (Å²) in [6.45, 7) is 0. The van der Waals surface area contributed by atoms with Gasteiger partial charge in [0.2, 0.25) is 0 Å². The first kappa shape index (κ1) is 12.2. The van der Waals surface area contributed by atoms with Gasteiger partial charge in [0, 0.05) is 17.1 Å². The molecule has 0 bridgehead atoms. The third kappa shape index (κ3) is 1.72. The Morgan fingerprint density at radius 2 is 1.90 bits per heavy atom. The standard InChI is InChI=1S/C15H12FN3O/c16-13-9(2-1-3-12(13)17)8-4-5-11(15(18)20)14-10(8)6-7-19-14/h1-7,19H,17H2,(H2,18,20). The van der Waals surface area contributed by atoms with Gasteiger partial charge in [-0.15, -0.1) is 0 Å². The number of H-pyrrole nitrogens is 1. The van der Waals surface area contributed by atoms with Gasteiger partial charge in [0.25, 0.3) is 5.91 Å². The molecule has 1 heterocycles. The average molecular weight is 269 g/mol. The van der Waals surface area contributed by atoms with Crippen molar-refractivity contribution in [3.8, 4) is 11.1 Å². The number of amides is 1. The first-order chi connectivity index (χ1) is 9.59. The van der Waals surface area contributed by atoms with Crippen LogP contribution in [0.15, 0.2) is 42.6 Å². The van der Waals surface area contributed by atoms with E-state index in [0.717, 1.165) is 5.39 Å². The number of hydrogen-bond acceptors (Lipinski definition) is 2. The molecule has 0 unspecified atom stereocenters. The minimum absolute atomic E-state index is 0.0881. The van der Waals surface area contributed by atoms with Crippen LogP contribution in [0.4, 0.5) is 10.1 Å². The SMILES string of the molecule is NC(=O)c1ccc(-c2cccc(N)c2F)c2cc[nH]c12. The van der Waals surface area contributed by atoms with Gasteiger partial charge in [-0.2, -0.15) is 0 Å². The number of aromatic amines is 1. The van der Waals surface area contributed by atoms with Gasteiger partial charge < -0.3 is 16.5 Å². The Labute approximate surface area is 114 Å². The zero-order chi connectivity index (χ0) is 14.3. The number of benzene rings is 2. The molecule has 1 aromatic heterocycles. The molecule has 100 valence electrons. The summed E-state index contributed by atoms with van der Waals surface area (Å²) >= 11 is 0. The minimum atomic E-state index is -0.531. The van der Waals surface area contributed by atoms with Crippen molar-refractivity contribution in [1.29, 1.82) is 0 Å². The van der Waals surface area contributed by atoms with Crippen LogP contribution < -0.4 is 11.5 Å². The number of hydrogen-bond donors (Lipinski definition) is 3. The predicted octanol–water partition coefficient (Wildman–Crippen LogP) is 2.66. The Kier molecular flexibility index (Phi) is 2.68. The number of carbonyl (C=O) groups excluding carboxylic acids is 1. The van der Waals surface area contributed by atoms with Crippen molar-refractivity contribution in [2.24, 2.45) is 5.73 Å². The van der Waals surface area contributed by atoms with Gasteiger partial charge in [0.15, 0.2) is 5.82 Å². The molecule has 20 heavy (non-hydrogen) atoms. The van der Waals surface area contributed by atoms with Gasteiger partial charge in [0.05, 0.1) is 16.8 Å². The highest BCUT2D eigenvalue weighted by Crippen LogP contribution is 2.33. The Morgan fingerprint density at radius 1 is 1.10 bits per heavy atom. The Morgan fingerprint density at radius 3 is 2.65 bits per heavy atom. The predicted molar refractivity (Wildman–Crippen MR) is 76.6 cm³/mol. The van der Waals surface area contributed by atoms with E-state index in [-0.39, 0.29) is 5.69 Å². The summed E-state index contributed by atoms with van der Waals surface area (Å²) in [6, 6.07) is 9.88. The fourth-order valence-corrected chi connectivity index (χ4v) is 2.35. The van der Waals surface area contributed by atoms with Crippen molar-refractivity contribution >= 4 is 22.5 Å². The van der Waals surface area contributed by atoms with Crippen LogP contribution in [0.25, 0.3) is 22.0 Å². The molecule has 0 aliphatic heterocycles. The highest BCUT2D eigenvalue weighted by Gasteiger charge is 2.15. The Balaban J connectivity index is 2.33. The molecule has 0 saturated heterocycles. The van der Waals surface area contributed by atoms with Crippen LogP contribution in [0.3, 0.4) is 0 Å². The molecule has 3 rings (SSSR count). The van der Waals surface area contributed by atoms with Crippen LogP contribution in [0, 0.1) is 5.82 Å². The Bertz CT molecular complexity index is 823. The molecule has 0 saturated carbocycles. The number of halogens is 1. The third-order valence-corrected chi connectivity index (χ3v) is 3.31. The summed E-state index contributed by atoms with van der Waals surface area (Å²) in [5.74, 6) is -1.00. The molecular formula is C15H12FN3O. The molecule has 0 radical (unpaired) electrons. The Hall–Kier alpha value is -2.82. The maximum atomic E-state index is 14.2. The van der Waals surface area contributed by atoms with E-state index in [0.29, 0.717) is 22.2 Å². The number of primary amides is 1. The second-order valence-electron chi connectivity index (χ2n) is 4.50. The van der Waals surface area contributed by atoms with Crippen molar-refractivity contribution in [1.82, 2.24) is 4.98 Å². The molecule has 4 nitrogen and oxygen atoms in total. The lowest BCUT2D eigenvalue weighted by Crippen LogP contribution is -2.11. The zero-order valence-corrected chi connectivity index (χ0v) is 10.5. The summed E-state index contributed by atoms with van der Waals surface area (Å²) in [5, 5.41) is 0.728. The van der Waals surface area contributed by atoms with Crippen LogP contribution in [-0.4, -0.2) is 10.9 Å². The van der Waals surface area contributed by atoms with E-state index in [1.807, 2.05) is 0 Å². The maximum absolute atomic E-state index is 14.2. The van der Waals surface area contributed by atoms with Crippen molar-refractivity contribution in [3.05, 3.63) is 54.0 Å². The lowest BCUT2D eigenvalue weighted by Gasteiger charge is -2.09. The van der Waals surface area contributed by atoms with E-state index >= 15 is 0 Å².